The molecule has 0 amide bonds. The lowest BCUT2D eigenvalue weighted by atomic mass is 10.2. The van der Waals surface area contributed by atoms with Crippen LogP contribution in [0.15, 0.2) is 16.5 Å². The summed E-state index contributed by atoms with van der Waals surface area (Å²) in [6.07, 6.45) is 0. The molecule has 96 valence electrons. The normalized spacial score (nSPS) is 14.7. The molecule has 2 unspecified atom stereocenters. The second kappa shape index (κ2) is 5.84. The average Bonchev–Trinajstić information content (AvgIpc) is 2.84. The van der Waals surface area contributed by atoms with Crippen molar-refractivity contribution in [2.45, 2.75) is 25.9 Å². The monoisotopic (exact) mass is 241 g/mol. The highest BCUT2D eigenvalue weighted by Crippen LogP contribution is 2.23. The van der Waals surface area contributed by atoms with Gasteiger partial charge in [-0.3, -0.25) is 4.90 Å². The van der Waals surface area contributed by atoms with E-state index in [4.69, 9.17) is 9.52 Å². The van der Waals surface area contributed by atoms with Gasteiger partial charge in [-0.15, -0.1) is 0 Å². The molecule has 0 aliphatic carbocycles. The Hall–Kier alpha value is -1.33. The Bertz CT molecular complexity index is 374. The van der Waals surface area contributed by atoms with E-state index < -0.39 is 5.97 Å². The minimum absolute atomic E-state index is 0.0180. The third-order valence-electron chi connectivity index (χ3n) is 3.00. The number of carbonyl (C=O) groups is 1. The van der Waals surface area contributed by atoms with Crippen LogP contribution in [0.5, 0.6) is 0 Å². The molecule has 1 heterocycles. The predicted molar refractivity (Wildman–Crippen MR) is 62.8 cm³/mol. The van der Waals surface area contributed by atoms with Crippen LogP contribution >= 0.6 is 0 Å². The topological polar surface area (TPSA) is 62.9 Å². The summed E-state index contributed by atoms with van der Waals surface area (Å²) in [5.74, 6) is 0.383. The number of likely N-dealkylation sites (N-methyl/N-ethyl adjacent to an activating group) is 1. The number of aliphatic hydroxyl groups is 1. The Morgan fingerprint density at radius 1 is 1.53 bits per heavy atom. The number of furan rings is 1. The van der Waals surface area contributed by atoms with Crippen LogP contribution < -0.4 is 0 Å². The van der Waals surface area contributed by atoms with Gasteiger partial charge in [0.05, 0.1) is 19.8 Å². The molecule has 5 heteroatoms. The summed E-state index contributed by atoms with van der Waals surface area (Å²) >= 11 is 0. The van der Waals surface area contributed by atoms with E-state index in [0.717, 1.165) is 0 Å². The van der Waals surface area contributed by atoms with Crippen molar-refractivity contribution in [3.8, 4) is 0 Å². The van der Waals surface area contributed by atoms with Gasteiger partial charge in [0.15, 0.2) is 0 Å². The van der Waals surface area contributed by atoms with Gasteiger partial charge in [0, 0.05) is 6.04 Å². The summed E-state index contributed by atoms with van der Waals surface area (Å²) in [6.45, 7) is 3.94. The van der Waals surface area contributed by atoms with Crippen molar-refractivity contribution in [2.24, 2.45) is 0 Å². The largest absolute Gasteiger partial charge is 0.463 e. The van der Waals surface area contributed by atoms with Gasteiger partial charge in [-0.1, -0.05) is 0 Å². The van der Waals surface area contributed by atoms with E-state index in [2.05, 4.69) is 4.74 Å². The summed E-state index contributed by atoms with van der Waals surface area (Å²) < 4.78 is 9.99. The molecule has 1 rings (SSSR count). The third kappa shape index (κ3) is 3.08. The Balaban J connectivity index is 2.79. The molecule has 1 aromatic heterocycles. The predicted octanol–water partition coefficient (Wildman–Crippen LogP) is 1.44. The van der Waals surface area contributed by atoms with Gasteiger partial charge in [0.25, 0.3) is 0 Å². The smallest absolute Gasteiger partial charge is 0.373 e. The summed E-state index contributed by atoms with van der Waals surface area (Å²) in [6, 6.07) is 3.35. The van der Waals surface area contributed by atoms with Crippen molar-refractivity contribution in [3.05, 3.63) is 23.7 Å². The summed E-state index contributed by atoms with van der Waals surface area (Å²) in [5, 5.41) is 9.09. The molecule has 0 aliphatic heterocycles. The van der Waals surface area contributed by atoms with Crippen molar-refractivity contribution in [2.75, 3.05) is 20.8 Å². The molecule has 0 saturated carbocycles. The SMILES string of the molecule is COC(=O)c1ccc(C(C)N(C)C(C)CO)o1. The molecule has 0 radical (unpaired) electrons. The lowest BCUT2D eigenvalue weighted by Crippen LogP contribution is -2.34. The number of carbonyl (C=O) groups excluding carboxylic acids is 1. The Labute approximate surface area is 101 Å². The molecule has 17 heavy (non-hydrogen) atoms. The molecule has 1 N–H and O–H groups in total. The fraction of sp³-hybridized carbons (Fsp3) is 0.583. The zero-order chi connectivity index (χ0) is 13.0. The van der Waals surface area contributed by atoms with Crippen molar-refractivity contribution in [1.82, 2.24) is 4.90 Å². The van der Waals surface area contributed by atoms with Gasteiger partial charge in [-0.05, 0) is 33.0 Å². The molecule has 0 aromatic carbocycles. The molecule has 0 spiro atoms. The minimum Gasteiger partial charge on any atom is -0.463 e. The fourth-order valence-electron chi connectivity index (χ4n) is 1.50. The van der Waals surface area contributed by atoms with E-state index in [-0.39, 0.29) is 24.5 Å². The number of methoxy groups -OCH3 is 1. The molecule has 0 aliphatic rings. The van der Waals surface area contributed by atoms with Crippen LogP contribution in [0.1, 0.15) is 36.2 Å². The number of esters is 1. The fourth-order valence-corrected chi connectivity index (χ4v) is 1.50. The molecule has 0 fully saturated rings. The van der Waals surface area contributed by atoms with E-state index in [9.17, 15) is 4.79 Å². The van der Waals surface area contributed by atoms with Crippen LogP contribution in [-0.2, 0) is 4.74 Å². The van der Waals surface area contributed by atoms with E-state index in [1.165, 1.54) is 7.11 Å². The molecular formula is C12H19NO4. The van der Waals surface area contributed by atoms with Crippen LogP contribution in [-0.4, -0.2) is 42.8 Å². The molecule has 1 aromatic rings. The van der Waals surface area contributed by atoms with E-state index in [1.54, 1.807) is 12.1 Å². The summed E-state index contributed by atoms with van der Waals surface area (Å²) in [7, 11) is 3.21. The number of hydrogen-bond donors (Lipinski definition) is 1. The van der Waals surface area contributed by atoms with Crippen molar-refractivity contribution in [1.29, 1.82) is 0 Å². The zero-order valence-electron chi connectivity index (χ0n) is 10.6. The highest BCUT2D eigenvalue weighted by Gasteiger charge is 2.21. The van der Waals surface area contributed by atoms with Crippen molar-refractivity contribution >= 4 is 5.97 Å². The molecule has 0 saturated heterocycles. The lowest BCUT2D eigenvalue weighted by Gasteiger charge is -2.28. The van der Waals surface area contributed by atoms with Crippen LogP contribution in [0, 0.1) is 0 Å². The van der Waals surface area contributed by atoms with E-state index in [0.29, 0.717) is 5.76 Å². The van der Waals surface area contributed by atoms with Crippen LogP contribution in [0.2, 0.25) is 0 Å². The number of aliphatic hydroxyl groups excluding tert-OH is 1. The maximum absolute atomic E-state index is 11.2. The van der Waals surface area contributed by atoms with Gasteiger partial charge >= 0.3 is 5.97 Å². The Morgan fingerprint density at radius 3 is 2.71 bits per heavy atom. The number of hydrogen-bond acceptors (Lipinski definition) is 5. The van der Waals surface area contributed by atoms with E-state index in [1.807, 2.05) is 25.8 Å². The Morgan fingerprint density at radius 2 is 2.18 bits per heavy atom. The second-order valence-electron chi connectivity index (χ2n) is 4.07. The first-order valence-corrected chi connectivity index (χ1v) is 5.52. The first kappa shape index (κ1) is 13.7. The highest BCUT2D eigenvalue weighted by atomic mass is 16.5. The van der Waals surface area contributed by atoms with Crippen LogP contribution in [0.4, 0.5) is 0 Å². The molecular weight excluding hydrogens is 222 g/mol. The molecule has 5 nitrogen and oxygen atoms in total. The van der Waals surface area contributed by atoms with E-state index >= 15 is 0 Å². The molecule has 2 atom stereocenters. The zero-order valence-corrected chi connectivity index (χ0v) is 10.6. The van der Waals surface area contributed by atoms with Crippen molar-refractivity contribution in [3.63, 3.8) is 0 Å². The quantitative estimate of drug-likeness (QED) is 0.790. The van der Waals surface area contributed by atoms with Crippen molar-refractivity contribution < 1.29 is 19.1 Å². The van der Waals surface area contributed by atoms with Gasteiger partial charge in [-0.2, -0.15) is 0 Å². The first-order valence-electron chi connectivity index (χ1n) is 5.52. The average molecular weight is 241 g/mol. The highest BCUT2D eigenvalue weighted by molar-refractivity contribution is 5.86. The summed E-state index contributed by atoms with van der Waals surface area (Å²) in [4.78, 5) is 13.2. The standard InChI is InChI=1S/C12H19NO4/c1-8(7-14)13(3)9(2)10-5-6-11(17-10)12(15)16-4/h5-6,8-9,14H,7H2,1-4H3. The molecule has 0 bridgehead atoms. The first-order chi connectivity index (χ1) is 8.01. The minimum atomic E-state index is -0.485. The Kier molecular flexibility index (Phi) is 4.72. The van der Waals surface area contributed by atoms with Gasteiger partial charge in [0.1, 0.15) is 5.76 Å². The van der Waals surface area contributed by atoms with Gasteiger partial charge in [-0.25, -0.2) is 4.79 Å². The third-order valence-corrected chi connectivity index (χ3v) is 3.00. The van der Waals surface area contributed by atoms with Crippen LogP contribution in [0.25, 0.3) is 0 Å². The van der Waals surface area contributed by atoms with Gasteiger partial charge < -0.3 is 14.3 Å². The maximum atomic E-state index is 11.2. The second-order valence-corrected chi connectivity index (χ2v) is 4.07. The lowest BCUT2D eigenvalue weighted by molar-refractivity contribution is 0.0556. The maximum Gasteiger partial charge on any atom is 0.373 e. The number of rotatable bonds is 5. The summed E-state index contributed by atoms with van der Waals surface area (Å²) in [5.41, 5.74) is 0. The number of nitrogens with zero attached hydrogens (tertiary/aromatic N) is 1. The van der Waals surface area contributed by atoms with Crippen LogP contribution in [0.3, 0.4) is 0 Å². The number of ether oxygens (including phenoxy) is 1. The van der Waals surface area contributed by atoms with Gasteiger partial charge in [0.2, 0.25) is 5.76 Å².